The Hall–Kier alpha value is -2.24. The van der Waals surface area contributed by atoms with Crippen LogP contribution in [0.1, 0.15) is 18.4 Å². The van der Waals surface area contributed by atoms with Crippen molar-refractivity contribution < 1.29 is 14.3 Å². The molecule has 1 aliphatic heterocycles. The summed E-state index contributed by atoms with van der Waals surface area (Å²) in [5.74, 6) is 0.668. The highest BCUT2D eigenvalue weighted by atomic mass is 35.5. The SMILES string of the molecule is O=C(COc1ccc(Cl)cc1)N1CCN(C(=O)C2(c3cccc(Cl)c3)CC2)CC1. The van der Waals surface area contributed by atoms with Crippen LogP contribution in [0.15, 0.2) is 48.5 Å². The lowest BCUT2D eigenvalue weighted by Crippen LogP contribution is -2.53. The van der Waals surface area contributed by atoms with Gasteiger partial charge in [-0.1, -0.05) is 35.3 Å². The van der Waals surface area contributed by atoms with Gasteiger partial charge >= 0.3 is 0 Å². The monoisotopic (exact) mass is 432 g/mol. The van der Waals surface area contributed by atoms with E-state index in [9.17, 15) is 9.59 Å². The normalized spacial score (nSPS) is 17.7. The van der Waals surface area contributed by atoms with Crippen molar-refractivity contribution in [2.45, 2.75) is 18.3 Å². The summed E-state index contributed by atoms with van der Waals surface area (Å²) in [6.45, 7) is 2.07. The zero-order valence-corrected chi connectivity index (χ0v) is 17.5. The maximum Gasteiger partial charge on any atom is 0.260 e. The van der Waals surface area contributed by atoms with Crippen LogP contribution in [0.5, 0.6) is 5.75 Å². The smallest absolute Gasteiger partial charge is 0.260 e. The van der Waals surface area contributed by atoms with Crippen molar-refractivity contribution in [1.29, 1.82) is 0 Å². The number of carbonyl (C=O) groups is 2. The van der Waals surface area contributed by atoms with Gasteiger partial charge in [-0.25, -0.2) is 0 Å². The summed E-state index contributed by atoms with van der Waals surface area (Å²) in [6, 6.07) is 14.5. The van der Waals surface area contributed by atoms with Crippen LogP contribution in [0.25, 0.3) is 0 Å². The third-order valence-electron chi connectivity index (χ3n) is 5.63. The zero-order chi connectivity index (χ0) is 20.4. The van der Waals surface area contributed by atoms with Crippen LogP contribution in [-0.4, -0.2) is 54.4 Å². The molecule has 2 amide bonds. The molecule has 2 aromatic rings. The maximum atomic E-state index is 13.2. The molecule has 2 aromatic carbocycles. The number of piperazine rings is 1. The maximum absolute atomic E-state index is 13.2. The molecule has 29 heavy (non-hydrogen) atoms. The lowest BCUT2D eigenvalue weighted by molar-refractivity contribution is -0.142. The lowest BCUT2D eigenvalue weighted by Gasteiger charge is -2.36. The van der Waals surface area contributed by atoms with Gasteiger partial charge < -0.3 is 14.5 Å². The van der Waals surface area contributed by atoms with E-state index in [0.29, 0.717) is 42.0 Å². The van der Waals surface area contributed by atoms with Crippen molar-refractivity contribution in [2.75, 3.05) is 32.8 Å². The summed E-state index contributed by atoms with van der Waals surface area (Å²) in [4.78, 5) is 29.2. The van der Waals surface area contributed by atoms with Gasteiger partial charge in [0.05, 0.1) is 5.41 Å². The molecule has 152 valence electrons. The number of hydrogen-bond acceptors (Lipinski definition) is 3. The number of ether oxygens (including phenoxy) is 1. The summed E-state index contributed by atoms with van der Waals surface area (Å²) in [5.41, 5.74) is 0.555. The summed E-state index contributed by atoms with van der Waals surface area (Å²) in [7, 11) is 0. The fourth-order valence-electron chi connectivity index (χ4n) is 3.77. The second-order valence-corrected chi connectivity index (χ2v) is 8.38. The molecular formula is C22H22Cl2N2O3. The molecule has 7 heteroatoms. The zero-order valence-electron chi connectivity index (χ0n) is 15.9. The Labute approximate surface area is 180 Å². The van der Waals surface area contributed by atoms with E-state index in [2.05, 4.69) is 0 Å². The van der Waals surface area contributed by atoms with Crippen molar-refractivity contribution in [3.05, 3.63) is 64.1 Å². The van der Waals surface area contributed by atoms with Gasteiger partial charge in [0, 0.05) is 36.2 Å². The molecule has 2 aliphatic rings. The van der Waals surface area contributed by atoms with Gasteiger partial charge in [0.25, 0.3) is 5.91 Å². The Kier molecular flexibility index (Phi) is 5.70. The van der Waals surface area contributed by atoms with Crippen LogP contribution < -0.4 is 4.74 Å². The molecule has 0 unspecified atom stereocenters. The first-order chi connectivity index (χ1) is 14.0. The van der Waals surface area contributed by atoms with E-state index in [1.165, 1.54) is 0 Å². The first-order valence-electron chi connectivity index (χ1n) is 9.69. The van der Waals surface area contributed by atoms with Crippen LogP contribution >= 0.6 is 23.2 Å². The Morgan fingerprint density at radius 3 is 2.17 bits per heavy atom. The fraction of sp³-hybridized carbons (Fsp3) is 0.364. The van der Waals surface area contributed by atoms with Crippen LogP contribution in [0.2, 0.25) is 10.0 Å². The molecule has 0 radical (unpaired) electrons. The highest BCUT2D eigenvalue weighted by Crippen LogP contribution is 2.50. The fourth-order valence-corrected chi connectivity index (χ4v) is 4.08. The predicted molar refractivity (Wildman–Crippen MR) is 112 cm³/mol. The molecule has 1 aliphatic carbocycles. The third kappa shape index (κ3) is 4.36. The minimum absolute atomic E-state index is 0.0258. The highest BCUT2D eigenvalue weighted by molar-refractivity contribution is 6.30. The highest BCUT2D eigenvalue weighted by Gasteiger charge is 2.53. The average Bonchev–Trinajstić information content (AvgIpc) is 3.55. The molecule has 1 saturated carbocycles. The second-order valence-electron chi connectivity index (χ2n) is 7.51. The van der Waals surface area contributed by atoms with Crippen molar-refractivity contribution in [3.8, 4) is 5.75 Å². The van der Waals surface area contributed by atoms with Gasteiger partial charge in [-0.3, -0.25) is 9.59 Å². The Morgan fingerprint density at radius 1 is 0.897 bits per heavy atom. The van der Waals surface area contributed by atoms with Crippen LogP contribution in [-0.2, 0) is 15.0 Å². The minimum atomic E-state index is -0.436. The molecule has 0 atom stereocenters. The average molecular weight is 433 g/mol. The number of halogens is 2. The number of rotatable bonds is 5. The molecule has 0 bridgehead atoms. The summed E-state index contributed by atoms with van der Waals surface area (Å²) in [5, 5.41) is 1.27. The van der Waals surface area contributed by atoms with E-state index in [0.717, 1.165) is 18.4 Å². The third-order valence-corrected chi connectivity index (χ3v) is 6.12. The number of nitrogens with zero attached hydrogens (tertiary/aromatic N) is 2. The van der Waals surface area contributed by atoms with Gasteiger partial charge in [-0.2, -0.15) is 0 Å². The minimum Gasteiger partial charge on any atom is -0.484 e. The molecular weight excluding hydrogens is 411 g/mol. The van der Waals surface area contributed by atoms with Crippen LogP contribution in [0, 0.1) is 0 Å². The Morgan fingerprint density at radius 2 is 1.55 bits per heavy atom. The van der Waals surface area contributed by atoms with E-state index in [-0.39, 0.29) is 18.4 Å². The van der Waals surface area contributed by atoms with Crippen molar-refractivity contribution in [3.63, 3.8) is 0 Å². The van der Waals surface area contributed by atoms with Gasteiger partial charge in [0.1, 0.15) is 5.75 Å². The first kappa shape index (κ1) is 20.0. The quantitative estimate of drug-likeness (QED) is 0.722. The Balaban J connectivity index is 1.30. The molecule has 0 aromatic heterocycles. The van der Waals surface area contributed by atoms with E-state index in [1.54, 1.807) is 29.2 Å². The number of carbonyl (C=O) groups excluding carboxylic acids is 2. The van der Waals surface area contributed by atoms with E-state index >= 15 is 0 Å². The molecule has 0 spiro atoms. The molecule has 0 N–H and O–H groups in total. The molecule has 1 saturated heterocycles. The number of amides is 2. The molecule has 1 heterocycles. The molecule has 2 fully saturated rings. The molecule has 4 rings (SSSR count). The summed E-state index contributed by atoms with van der Waals surface area (Å²) >= 11 is 12.0. The van der Waals surface area contributed by atoms with Crippen molar-refractivity contribution in [2.24, 2.45) is 0 Å². The van der Waals surface area contributed by atoms with E-state index in [1.807, 2.05) is 29.2 Å². The largest absolute Gasteiger partial charge is 0.484 e. The van der Waals surface area contributed by atoms with E-state index in [4.69, 9.17) is 27.9 Å². The summed E-state index contributed by atoms with van der Waals surface area (Å²) < 4.78 is 5.54. The standard InChI is InChI=1S/C22H22Cl2N2O3/c23-17-4-6-19(7-5-17)29-15-20(27)25-10-12-26(13-11-25)21(28)22(8-9-22)16-2-1-3-18(24)14-16/h1-7,14H,8-13,15H2. The first-order valence-corrected chi connectivity index (χ1v) is 10.5. The molecule has 5 nitrogen and oxygen atoms in total. The van der Waals surface area contributed by atoms with Crippen LogP contribution in [0.3, 0.4) is 0 Å². The Bertz CT molecular complexity index is 905. The number of benzene rings is 2. The van der Waals surface area contributed by atoms with E-state index < -0.39 is 5.41 Å². The van der Waals surface area contributed by atoms with Crippen molar-refractivity contribution >= 4 is 35.0 Å². The second kappa shape index (κ2) is 8.25. The lowest BCUT2D eigenvalue weighted by atomic mass is 9.94. The number of hydrogen-bond donors (Lipinski definition) is 0. The summed E-state index contributed by atoms with van der Waals surface area (Å²) in [6.07, 6.45) is 1.69. The van der Waals surface area contributed by atoms with Crippen molar-refractivity contribution in [1.82, 2.24) is 9.80 Å². The van der Waals surface area contributed by atoms with Gasteiger partial charge in [0.15, 0.2) is 6.61 Å². The van der Waals surface area contributed by atoms with Gasteiger partial charge in [0.2, 0.25) is 5.91 Å². The van der Waals surface area contributed by atoms with Gasteiger partial charge in [-0.15, -0.1) is 0 Å². The topological polar surface area (TPSA) is 49.9 Å². The van der Waals surface area contributed by atoms with Gasteiger partial charge in [-0.05, 0) is 54.8 Å². The van der Waals surface area contributed by atoms with Crippen LogP contribution in [0.4, 0.5) is 0 Å². The predicted octanol–water partition coefficient (Wildman–Crippen LogP) is 3.77.